The fourth-order valence-electron chi connectivity index (χ4n) is 2.16. The Morgan fingerprint density at radius 3 is 2.80 bits per heavy atom. The van der Waals surface area contributed by atoms with E-state index in [-0.39, 0.29) is 11.4 Å². The number of nitrogens with zero attached hydrogens (tertiary/aromatic N) is 1. The lowest BCUT2D eigenvalue weighted by Crippen LogP contribution is -2.42. The number of aromatic amines is 1. The summed E-state index contributed by atoms with van der Waals surface area (Å²) in [6.07, 6.45) is 3.79. The zero-order chi connectivity index (χ0) is 11.1. The lowest BCUT2D eigenvalue weighted by atomic mass is 10.0. The smallest absolute Gasteiger partial charge is 0.270 e. The molecule has 1 aliphatic heterocycles. The van der Waals surface area contributed by atoms with E-state index in [2.05, 4.69) is 18.8 Å². The van der Waals surface area contributed by atoms with Crippen molar-refractivity contribution >= 4 is 11.6 Å². The minimum Gasteiger partial charge on any atom is -0.397 e. The zero-order valence-electron chi connectivity index (χ0n) is 9.21. The van der Waals surface area contributed by atoms with Crippen molar-refractivity contribution in [1.29, 1.82) is 0 Å². The molecule has 2 rings (SSSR count). The summed E-state index contributed by atoms with van der Waals surface area (Å²) in [6, 6.07) is 1.69. The van der Waals surface area contributed by atoms with Crippen molar-refractivity contribution in [3.8, 4) is 0 Å². The summed E-state index contributed by atoms with van der Waals surface area (Å²) in [6.45, 7) is 5.04. The van der Waals surface area contributed by atoms with Crippen LogP contribution in [-0.4, -0.2) is 27.9 Å². The first-order chi connectivity index (χ1) is 7.00. The van der Waals surface area contributed by atoms with Crippen LogP contribution in [0.1, 0.15) is 37.2 Å². The van der Waals surface area contributed by atoms with Gasteiger partial charge < -0.3 is 15.6 Å². The van der Waals surface area contributed by atoms with Gasteiger partial charge in [0.05, 0.1) is 0 Å². The third-order valence-electron chi connectivity index (χ3n) is 3.08. The number of nitrogen functional groups attached to an aromatic ring is 1. The Morgan fingerprint density at radius 2 is 2.33 bits per heavy atom. The minimum absolute atomic E-state index is 0.0308. The molecule has 3 N–H and O–H groups in total. The van der Waals surface area contributed by atoms with Crippen LogP contribution in [0.15, 0.2) is 12.3 Å². The maximum atomic E-state index is 12.1. The first kappa shape index (κ1) is 10.1. The number of hydrogen-bond donors (Lipinski definition) is 2. The number of carbonyl (C=O) groups is 1. The van der Waals surface area contributed by atoms with Crippen molar-refractivity contribution in [2.24, 2.45) is 0 Å². The Kier molecular flexibility index (Phi) is 2.21. The third-order valence-corrected chi connectivity index (χ3v) is 3.08. The predicted octanol–water partition coefficient (Wildman–Crippen LogP) is 1.61. The number of carbonyl (C=O) groups excluding carboxylic acids is 1. The summed E-state index contributed by atoms with van der Waals surface area (Å²) in [5.41, 5.74) is 6.74. The van der Waals surface area contributed by atoms with Crippen molar-refractivity contribution in [3.05, 3.63) is 18.0 Å². The van der Waals surface area contributed by atoms with Crippen LogP contribution in [0.5, 0.6) is 0 Å². The Labute approximate surface area is 89.5 Å². The highest BCUT2D eigenvalue weighted by Gasteiger charge is 2.36. The van der Waals surface area contributed by atoms with Gasteiger partial charge in [-0.15, -0.1) is 0 Å². The molecular formula is C11H17N3O. The summed E-state index contributed by atoms with van der Waals surface area (Å²) in [7, 11) is 0. The molecule has 0 radical (unpaired) electrons. The Balaban J connectivity index is 2.21. The zero-order valence-corrected chi connectivity index (χ0v) is 9.21. The van der Waals surface area contributed by atoms with Crippen LogP contribution in [0.4, 0.5) is 5.69 Å². The molecule has 1 aromatic rings. The molecule has 1 aromatic heterocycles. The van der Waals surface area contributed by atoms with Gasteiger partial charge in [-0.2, -0.15) is 0 Å². The highest BCUT2D eigenvalue weighted by atomic mass is 16.2. The number of nitrogens with two attached hydrogens (primary N) is 1. The topological polar surface area (TPSA) is 62.1 Å². The molecule has 15 heavy (non-hydrogen) atoms. The quantitative estimate of drug-likeness (QED) is 0.735. The molecule has 4 heteroatoms. The molecular weight excluding hydrogens is 190 g/mol. The summed E-state index contributed by atoms with van der Waals surface area (Å²) in [4.78, 5) is 16.9. The van der Waals surface area contributed by atoms with E-state index in [1.165, 1.54) is 0 Å². The van der Waals surface area contributed by atoms with Crippen LogP contribution in [0.2, 0.25) is 0 Å². The van der Waals surface area contributed by atoms with Crippen LogP contribution in [0.25, 0.3) is 0 Å². The van der Waals surface area contributed by atoms with Gasteiger partial charge in [-0.05, 0) is 32.8 Å². The third kappa shape index (κ3) is 1.71. The van der Waals surface area contributed by atoms with E-state index in [4.69, 9.17) is 5.73 Å². The number of nitrogens with one attached hydrogen (secondary N) is 1. The lowest BCUT2D eigenvalue weighted by Gasteiger charge is -2.31. The normalized spacial score (nSPS) is 19.5. The van der Waals surface area contributed by atoms with E-state index in [1.54, 1.807) is 12.3 Å². The van der Waals surface area contributed by atoms with E-state index in [1.807, 2.05) is 4.90 Å². The second-order valence-electron chi connectivity index (χ2n) is 4.72. The van der Waals surface area contributed by atoms with E-state index in [0.717, 1.165) is 19.4 Å². The van der Waals surface area contributed by atoms with Crippen LogP contribution >= 0.6 is 0 Å². The molecule has 0 atom stereocenters. The molecule has 0 unspecified atom stereocenters. The predicted molar refractivity (Wildman–Crippen MR) is 59.6 cm³/mol. The van der Waals surface area contributed by atoms with Gasteiger partial charge in [0.1, 0.15) is 5.69 Å². The molecule has 0 spiro atoms. The average Bonchev–Trinajstić information content (AvgIpc) is 2.70. The Morgan fingerprint density at radius 1 is 1.60 bits per heavy atom. The van der Waals surface area contributed by atoms with Crippen LogP contribution in [-0.2, 0) is 0 Å². The van der Waals surface area contributed by atoms with Crippen molar-refractivity contribution in [2.45, 2.75) is 32.2 Å². The highest BCUT2D eigenvalue weighted by molar-refractivity contribution is 5.94. The van der Waals surface area contributed by atoms with E-state index in [0.29, 0.717) is 11.4 Å². The molecule has 1 aliphatic rings. The van der Waals surface area contributed by atoms with Gasteiger partial charge >= 0.3 is 0 Å². The second-order valence-corrected chi connectivity index (χ2v) is 4.72. The van der Waals surface area contributed by atoms with Gasteiger partial charge in [-0.3, -0.25) is 4.79 Å². The average molecular weight is 207 g/mol. The maximum Gasteiger partial charge on any atom is 0.270 e. The Bertz CT molecular complexity index is 381. The summed E-state index contributed by atoms with van der Waals surface area (Å²) >= 11 is 0. The number of H-pyrrole nitrogens is 1. The fourth-order valence-corrected chi connectivity index (χ4v) is 2.16. The van der Waals surface area contributed by atoms with Gasteiger partial charge in [-0.25, -0.2) is 0 Å². The largest absolute Gasteiger partial charge is 0.397 e. The molecule has 0 aliphatic carbocycles. The van der Waals surface area contributed by atoms with Crippen LogP contribution in [0, 0.1) is 0 Å². The molecule has 1 amide bonds. The van der Waals surface area contributed by atoms with E-state index in [9.17, 15) is 4.79 Å². The number of rotatable bonds is 1. The fraction of sp³-hybridized carbons (Fsp3) is 0.545. The molecule has 1 fully saturated rings. The first-order valence-corrected chi connectivity index (χ1v) is 5.26. The minimum atomic E-state index is -0.0308. The van der Waals surface area contributed by atoms with E-state index < -0.39 is 0 Å². The second kappa shape index (κ2) is 3.29. The molecule has 82 valence electrons. The SMILES string of the molecule is CC1(C)CCCN1C(=O)c1cc(N)c[nH]1. The lowest BCUT2D eigenvalue weighted by molar-refractivity contribution is 0.0646. The van der Waals surface area contributed by atoms with Crippen molar-refractivity contribution in [3.63, 3.8) is 0 Å². The van der Waals surface area contributed by atoms with Crippen molar-refractivity contribution in [2.75, 3.05) is 12.3 Å². The number of likely N-dealkylation sites (tertiary alicyclic amines) is 1. The van der Waals surface area contributed by atoms with Gasteiger partial charge in [0.25, 0.3) is 5.91 Å². The first-order valence-electron chi connectivity index (χ1n) is 5.26. The molecule has 2 heterocycles. The number of amides is 1. The molecule has 4 nitrogen and oxygen atoms in total. The summed E-state index contributed by atoms with van der Waals surface area (Å²) in [5, 5.41) is 0. The van der Waals surface area contributed by atoms with Crippen LogP contribution in [0.3, 0.4) is 0 Å². The Hall–Kier alpha value is -1.45. The number of anilines is 1. The van der Waals surface area contributed by atoms with Crippen molar-refractivity contribution < 1.29 is 4.79 Å². The monoisotopic (exact) mass is 207 g/mol. The van der Waals surface area contributed by atoms with Gasteiger partial charge in [0.15, 0.2) is 0 Å². The summed E-state index contributed by atoms with van der Waals surface area (Å²) in [5.74, 6) is 0.0502. The van der Waals surface area contributed by atoms with Gasteiger partial charge in [-0.1, -0.05) is 0 Å². The molecule has 0 aromatic carbocycles. The standard InChI is InChI=1S/C11H17N3O/c1-11(2)4-3-5-14(11)10(15)9-6-8(12)7-13-9/h6-7,13H,3-5,12H2,1-2H3. The highest BCUT2D eigenvalue weighted by Crippen LogP contribution is 2.29. The van der Waals surface area contributed by atoms with E-state index >= 15 is 0 Å². The van der Waals surface area contributed by atoms with Crippen molar-refractivity contribution in [1.82, 2.24) is 9.88 Å². The van der Waals surface area contributed by atoms with Gasteiger partial charge in [0.2, 0.25) is 0 Å². The molecule has 0 saturated carbocycles. The maximum absolute atomic E-state index is 12.1. The molecule has 0 bridgehead atoms. The molecule has 1 saturated heterocycles. The van der Waals surface area contributed by atoms with Gasteiger partial charge in [0, 0.05) is 24.0 Å². The number of aromatic nitrogens is 1. The van der Waals surface area contributed by atoms with Crippen LogP contribution < -0.4 is 5.73 Å². The summed E-state index contributed by atoms with van der Waals surface area (Å²) < 4.78 is 0. The number of hydrogen-bond acceptors (Lipinski definition) is 2.